The SMILES string of the molecule is Cc1cc(C(=O)NCC(C)C)ccc1NC(=O)C(=Cc1ccco1)NC(=O)c1ccccc1. The third-order valence-corrected chi connectivity index (χ3v) is 4.77. The molecule has 3 aromatic rings. The van der Waals surface area contributed by atoms with Crippen molar-refractivity contribution in [2.75, 3.05) is 11.9 Å². The van der Waals surface area contributed by atoms with Gasteiger partial charge in [0.2, 0.25) is 0 Å². The highest BCUT2D eigenvalue weighted by Gasteiger charge is 2.17. The third kappa shape index (κ3) is 6.67. The fraction of sp³-hybridized carbons (Fsp3) is 0.192. The van der Waals surface area contributed by atoms with Crippen molar-refractivity contribution in [2.24, 2.45) is 5.92 Å². The van der Waals surface area contributed by atoms with Crippen LogP contribution in [0.2, 0.25) is 0 Å². The second-order valence-electron chi connectivity index (χ2n) is 7.98. The van der Waals surface area contributed by atoms with Crippen LogP contribution in [0.5, 0.6) is 0 Å². The summed E-state index contributed by atoms with van der Waals surface area (Å²) >= 11 is 0. The molecule has 0 radical (unpaired) electrons. The zero-order chi connectivity index (χ0) is 23.8. The van der Waals surface area contributed by atoms with Crippen LogP contribution in [0.1, 0.15) is 45.9 Å². The Hall–Kier alpha value is -4.13. The van der Waals surface area contributed by atoms with E-state index < -0.39 is 11.8 Å². The number of carbonyl (C=O) groups excluding carboxylic acids is 3. The summed E-state index contributed by atoms with van der Waals surface area (Å²) < 4.78 is 5.31. The van der Waals surface area contributed by atoms with Gasteiger partial charge >= 0.3 is 0 Å². The Bertz CT molecular complexity index is 1150. The fourth-order valence-electron chi connectivity index (χ4n) is 2.99. The van der Waals surface area contributed by atoms with Gasteiger partial charge in [-0.3, -0.25) is 14.4 Å². The van der Waals surface area contributed by atoms with E-state index in [0.29, 0.717) is 40.6 Å². The monoisotopic (exact) mass is 445 g/mol. The highest BCUT2D eigenvalue weighted by atomic mass is 16.3. The van der Waals surface area contributed by atoms with Gasteiger partial charge in [-0.05, 0) is 60.9 Å². The summed E-state index contributed by atoms with van der Waals surface area (Å²) in [6, 6.07) is 17.0. The Kier molecular flexibility index (Phi) is 7.81. The fourth-order valence-corrected chi connectivity index (χ4v) is 2.99. The van der Waals surface area contributed by atoms with E-state index in [1.54, 1.807) is 67.6 Å². The Morgan fingerprint density at radius 1 is 0.939 bits per heavy atom. The van der Waals surface area contributed by atoms with E-state index >= 15 is 0 Å². The smallest absolute Gasteiger partial charge is 0.272 e. The first-order valence-electron chi connectivity index (χ1n) is 10.7. The molecule has 3 rings (SSSR count). The highest BCUT2D eigenvalue weighted by molar-refractivity contribution is 6.11. The number of carbonyl (C=O) groups is 3. The van der Waals surface area contributed by atoms with Crippen LogP contribution in [0.15, 0.2) is 77.0 Å². The lowest BCUT2D eigenvalue weighted by atomic mass is 10.1. The topological polar surface area (TPSA) is 100 Å². The molecule has 0 saturated heterocycles. The lowest BCUT2D eigenvalue weighted by Gasteiger charge is -2.14. The molecule has 33 heavy (non-hydrogen) atoms. The van der Waals surface area contributed by atoms with Crippen molar-refractivity contribution in [2.45, 2.75) is 20.8 Å². The summed E-state index contributed by atoms with van der Waals surface area (Å²) in [4.78, 5) is 38.0. The van der Waals surface area contributed by atoms with Gasteiger partial charge in [0, 0.05) is 29.4 Å². The van der Waals surface area contributed by atoms with Crippen LogP contribution in [-0.4, -0.2) is 24.3 Å². The van der Waals surface area contributed by atoms with Crippen LogP contribution in [0, 0.1) is 12.8 Å². The quantitative estimate of drug-likeness (QED) is 0.448. The first kappa shape index (κ1) is 23.5. The predicted molar refractivity (Wildman–Crippen MR) is 128 cm³/mol. The second-order valence-corrected chi connectivity index (χ2v) is 7.98. The summed E-state index contributed by atoms with van der Waals surface area (Å²) in [5, 5.41) is 8.33. The Morgan fingerprint density at radius 2 is 1.70 bits per heavy atom. The molecule has 0 saturated carbocycles. The molecule has 7 nitrogen and oxygen atoms in total. The van der Waals surface area contributed by atoms with Crippen molar-refractivity contribution in [3.63, 3.8) is 0 Å². The van der Waals surface area contributed by atoms with E-state index in [0.717, 1.165) is 0 Å². The number of nitrogens with one attached hydrogen (secondary N) is 3. The maximum Gasteiger partial charge on any atom is 0.272 e. The summed E-state index contributed by atoms with van der Waals surface area (Å²) in [7, 11) is 0. The molecule has 0 spiro atoms. The molecule has 0 aliphatic carbocycles. The average molecular weight is 446 g/mol. The third-order valence-electron chi connectivity index (χ3n) is 4.77. The van der Waals surface area contributed by atoms with Gasteiger partial charge in [-0.1, -0.05) is 32.0 Å². The number of hydrogen-bond donors (Lipinski definition) is 3. The second kappa shape index (κ2) is 10.9. The molecule has 0 bridgehead atoms. The van der Waals surface area contributed by atoms with Gasteiger partial charge in [-0.2, -0.15) is 0 Å². The van der Waals surface area contributed by atoms with Crippen LogP contribution < -0.4 is 16.0 Å². The molecular weight excluding hydrogens is 418 g/mol. The lowest BCUT2D eigenvalue weighted by Crippen LogP contribution is -2.31. The molecule has 170 valence electrons. The van der Waals surface area contributed by atoms with Crippen molar-refractivity contribution in [3.8, 4) is 0 Å². The van der Waals surface area contributed by atoms with E-state index in [-0.39, 0.29) is 11.6 Å². The number of rotatable bonds is 8. The molecule has 0 unspecified atom stereocenters. The minimum atomic E-state index is -0.518. The zero-order valence-electron chi connectivity index (χ0n) is 18.8. The molecule has 0 aliphatic rings. The van der Waals surface area contributed by atoms with Crippen molar-refractivity contribution in [1.82, 2.24) is 10.6 Å². The van der Waals surface area contributed by atoms with Gasteiger partial charge in [-0.15, -0.1) is 0 Å². The number of anilines is 1. The van der Waals surface area contributed by atoms with Gasteiger partial charge < -0.3 is 20.4 Å². The average Bonchev–Trinajstić information content (AvgIpc) is 3.32. The molecule has 7 heteroatoms. The predicted octanol–water partition coefficient (Wildman–Crippen LogP) is 4.38. The molecule has 0 atom stereocenters. The first-order valence-corrected chi connectivity index (χ1v) is 10.7. The van der Waals surface area contributed by atoms with Crippen LogP contribution in [0.4, 0.5) is 5.69 Å². The molecule has 1 heterocycles. The van der Waals surface area contributed by atoms with Crippen molar-refractivity contribution < 1.29 is 18.8 Å². The summed E-state index contributed by atoms with van der Waals surface area (Å²) in [5.41, 5.74) is 2.20. The summed E-state index contributed by atoms with van der Waals surface area (Å²) in [6.07, 6.45) is 2.94. The van der Waals surface area contributed by atoms with Crippen LogP contribution in [0.3, 0.4) is 0 Å². The van der Waals surface area contributed by atoms with Gasteiger partial charge in [0.1, 0.15) is 11.5 Å². The van der Waals surface area contributed by atoms with Crippen LogP contribution in [-0.2, 0) is 4.79 Å². The number of benzene rings is 2. The van der Waals surface area contributed by atoms with Crippen molar-refractivity contribution in [1.29, 1.82) is 0 Å². The molecular formula is C26H27N3O4. The molecule has 3 amide bonds. The molecule has 1 aromatic heterocycles. The standard InChI is InChI=1S/C26H27N3O4/c1-17(2)16-27-24(30)20-11-12-22(18(3)14-20)28-26(32)23(15-21-10-7-13-33-21)29-25(31)19-8-5-4-6-9-19/h4-15,17H,16H2,1-3H3,(H,27,30)(H,28,32)(H,29,31). The van der Waals surface area contributed by atoms with E-state index in [9.17, 15) is 14.4 Å². The van der Waals surface area contributed by atoms with Crippen LogP contribution in [0.25, 0.3) is 6.08 Å². The minimum Gasteiger partial charge on any atom is -0.465 e. The Labute approximate surface area is 192 Å². The molecule has 2 aromatic carbocycles. The number of hydrogen-bond acceptors (Lipinski definition) is 4. The minimum absolute atomic E-state index is 0.0250. The molecule has 0 aliphatic heterocycles. The molecule has 0 fully saturated rings. The summed E-state index contributed by atoms with van der Waals surface area (Å²) in [5.74, 6) is -0.340. The normalized spacial score (nSPS) is 11.2. The van der Waals surface area contributed by atoms with Gasteiger partial charge in [0.15, 0.2) is 0 Å². The van der Waals surface area contributed by atoms with E-state index in [4.69, 9.17) is 4.42 Å². The van der Waals surface area contributed by atoms with E-state index in [1.807, 2.05) is 13.8 Å². The largest absolute Gasteiger partial charge is 0.465 e. The maximum atomic E-state index is 13.0. The van der Waals surface area contributed by atoms with Crippen LogP contribution >= 0.6 is 0 Å². The zero-order valence-corrected chi connectivity index (χ0v) is 18.8. The van der Waals surface area contributed by atoms with Crippen molar-refractivity contribution >= 4 is 29.5 Å². The number of amides is 3. The Morgan fingerprint density at radius 3 is 2.33 bits per heavy atom. The van der Waals surface area contributed by atoms with Crippen molar-refractivity contribution in [3.05, 3.63) is 95.1 Å². The summed E-state index contributed by atoms with van der Waals surface area (Å²) in [6.45, 7) is 6.43. The number of aryl methyl sites for hydroxylation is 1. The lowest BCUT2D eigenvalue weighted by molar-refractivity contribution is -0.113. The van der Waals surface area contributed by atoms with Gasteiger partial charge in [-0.25, -0.2) is 0 Å². The van der Waals surface area contributed by atoms with E-state index in [2.05, 4.69) is 16.0 Å². The number of furan rings is 1. The van der Waals surface area contributed by atoms with Gasteiger partial charge in [0.25, 0.3) is 17.7 Å². The van der Waals surface area contributed by atoms with Gasteiger partial charge in [0.05, 0.1) is 6.26 Å². The highest BCUT2D eigenvalue weighted by Crippen LogP contribution is 2.18. The molecule has 3 N–H and O–H groups in total. The first-order chi connectivity index (χ1) is 15.8. The van der Waals surface area contributed by atoms with E-state index in [1.165, 1.54) is 12.3 Å². The maximum absolute atomic E-state index is 13.0. The Balaban J connectivity index is 1.78.